The van der Waals surface area contributed by atoms with E-state index in [0.29, 0.717) is 0 Å². The molecule has 0 aliphatic rings. The summed E-state index contributed by atoms with van der Waals surface area (Å²) in [5, 5.41) is 13.9. The number of benzene rings is 1. The van der Waals surface area contributed by atoms with Crippen molar-refractivity contribution in [1.29, 1.82) is 0 Å². The van der Waals surface area contributed by atoms with Gasteiger partial charge in [-0.15, -0.1) is 0 Å². The highest BCUT2D eigenvalue weighted by Crippen LogP contribution is 1.79. The Morgan fingerprint density at radius 2 is 0.714 bits per heavy atom. The van der Waals surface area contributed by atoms with Crippen LogP contribution in [0.25, 0.3) is 0 Å². The van der Waals surface area contributed by atoms with E-state index < -0.39 is 6.16 Å². The zero-order valence-corrected chi connectivity index (χ0v) is 6.90. The Labute approximate surface area is 77.5 Å². The molecule has 0 unspecified atom stereocenters. The molecule has 0 atom stereocenters. The number of hydrogen-bond acceptors (Lipinski definition) is 1. The fourth-order valence-electron chi connectivity index (χ4n) is 0.385. The SMILES string of the molecule is F.F.F.F.O=C(O)O.c1ccccc1. The van der Waals surface area contributed by atoms with Gasteiger partial charge >= 0.3 is 6.16 Å². The molecule has 1 rings (SSSR count). The van der Waals surface area contributed by atoms with E-state index in [2.05, 4.69) is 0 Å². The maximum Gasteiger partial charge on any atom is 0.503 e. The molecule has 2 N–H and O–H groups in total. The molecule has 0 bridgehead atoms. The van der Waals surface area contributed by atoms with E-state index in [1.54, 1.807) is 0 Å². The van der Waals surface area contributed by atoms with E-state index in [4.69, 9.17) is 15.0 Å². The third kappa shape index (κ3) is 48.9. The molecule has 0 radical (unpaired) electrons. The molecule has 14 heavy (non-hydrogen) atoms. The summed E-state index contributed by atoms with van der Waals surface area (Å²) in [6, 6.07) is 12.0. The van der Waals surface area contributed by atoms with Crippen LogP contribution in [-0.4, -0.2) is 16.4 Å². The predicted molar refractivity (Wildman–Crippen MR) is 47.1 cm³/mol. The number of hydrogen-bond donors (Lipinski definition) is 2. The first kappa shape index (κ1) is 29.5. The first-order valence-electron chi connectivity index (χ1n) is 2.65. The van der Waals surface area contributed by atoms with Crippen molar-refractivity contribution in [2.24, 2.45) is 0 Å². The van der Waals surface area contributed by atoms with Crippen molar-refractivity contribution >= 4 is 6.16 Å². The molecule has 1 aromatic rings. The Hall–Kier alpha value is -1.79. The molecule has 0 amide bonds. The lowest BCUT2D eigenvalue weighted by molar-refractivity contribution is 0.137. The summed E-state index contributed by atoms with van der Waals surface area (Å²) < 4.78 is 0. The standard InChI is InChI=1S/C6H6.CH2O3.4FH/c1-2-4-6-5-3-1;2-1(3)4;;;;/h1-6H;(H2,2,3,4);4*1H. The van der Waals surface area contributed by atoms with E-state index in [-0.39, 0.29) is 18.8 Å². The van der Waals surface area contributed by atoms with Gasteiger partial charge in [-0.2, -0.15) is 0 Å². The van der Waals surface area contributed by atoms with Crippen molar-refractivity contribution in [2.75, 3.05) is 0 Å². The van der Waals surface area contributed by atoms with E-state index in [9.17, 15) is 0 Å². The molecule has 0 saturated heterocycles. The average Bonchev–Trinajstić information content (AvgIpc) is 1.90. The number of halogens is 4. The normalized spacial score (nSPS) is 5.14. The van der Waals surface area contributed by atoms with E-state index >= 15 is 0 Å². The maximum absolute atomic E-state index is 8.56. The van der Waals surface area contributed by atoms with Crippen molar-refractivity contribution in [1.82, 2.24) is 0 Å². The second-order valence-corrected chi connectivity index (χ2v) is 1.44. The topological polar surface area (TPSA) is 57.5 Å². The summed E-state index contributed by atoms with van der Waals surface area (Å²) in [4.78, 5) is 8.56. The van der Waals surface area contributed by atoms with Crippen LogP contribution < -0.4 is 0 Å². The van der Waals surface area contributed by atoms with Crippen LogP contribution in [0, 0.1) is 0 Å². The fourth-order valence-corrected chi connectivity index (χ4v) is 0.385. The average molecular weight is 220 g/mol. The summed E-state index contributed by atoms with van der Waals surface area (Å²) in [6.07, 6.45) is -1.83. The lowest BCUT2D eigenvalue weighted by Gasteiger charge is -1.69. The predicted octanol–water partition coefficient (Wildman–Crippen LogP) is 2.52. The van der Waals surface area contributed by atoms with Crippen molar-refractivity contribution in [3.8, 4) is 0 Å². The van der Waals surface area contributed by atoms with Gasteiger partial charge in [-0.05, 0) is 0 Å². The van der Waals surface area contributed by atoms with Gasteiger partial charge in [-0.1, -0.05) is 36.4 Å². The van der Waals surface area contributed by atoms with Crippen LogP contribution in [0.5, 0.6) is 0 Å². The number of rotatable bonds is 0. The summed E-state index contributed by atoms with van der Waals surface area (Å²) in [5.74, 6) is 0. The van der Waals surface area contributed by atoms with E-state index in [0.717, 1.165) is 0 Å². The van der Waals surface area contributed by atoms with Crippen LogP contribution in [-0.2, 0) is 0 Å². The molecule has 1 aromatic carbocycles. The van der Waals surface area contributed by atoms with Crippen LogP contribution in [0.2, 0.25) is 0 Å². The van der Waals surface area contributed by atoms with Crippen LogP contribution in [0.4, 0.5) is 23.6 Å². The second kappa shape index (κ2) is 22.5. The Kier molecular flexibility index (Phi) is 47.4. The van der Waals surface area contributed by atoms with E-state index in [1.165, 1.54) is 0 Å². The van der Waals surface area contributed by atoms with Gasteiger partial charge in [0.2, 0.25) is 0 Å². The summed E-state index contributed by atoms with van der Waals surface area (Å²) in [5.41, 5.74) is 0. The van der Waals surface area contributed by atoms with Gasteiger partial charge < -0.3 is 10.2 Å². The Morgan fingerprint density at radius 1 is 0.643 bits per heavy atom. The smallest absolute Gasteiger partial charge is 0.450 e. The highest BCUT2D eigenvalue weighted by Gasteiger charge is 1.70. The van der Waals surface area contributed by atoms with Gasteiger partial charge in [-0.25, -0.2) is 4.79 Å². The zero-order valence-electron chi connectivity index (χ0n) is 6.90. The molecule has 0 aliphatic carbocycles. The highest BCUT2D eigenvalue weighted by atomic mass is 19.0. The molecule has 0 aliphatic heterocycles. The third-order valence-electron chi connectivity index (χ3n) is 0.667. The molecule has 86 valence electrons. The summed E-state index contributed by atoms with van der Waals surface area (Å²) >= 11 is 0. The molecule has 0 fully saturated rings. The van der Waals surface area contributed by atoms with Gasteiger partial charge in [0.25, 0.3) is 0 Å². The second-order valence-electron chi connectivity index (χ2n) is 1.44. The highest BCUT2D eigenvalue weighted by molar-refractivity contribution is 5.53. The first-order chi connectivity index (χ1) is 4.73. The lowest BCUT2D eigenvalue weighted by Crippen LogP contribution is -1.81. The minimum atomic E-state index is -1.83. The zero-order chi connectivity index (χ0) is 7.82. The van der Waals surface area contributed by atoms with E-state index in [1.807, 2.05) is 36.4 Å². The summed E-state index contributed by atoms with van der Waals surface area (Å²) in [7, 11) is 0. The summed E-state index contributed by atoms with van der Waals surface area (Å²) in [6.45, 7) is 0. The van der Waals surface area contributed by atoms with Crippen molar-refractivity contribution in [2.45, 2.75) is 0 Å². The van der Waals surface area contributed by atoms with Crippen molar-refractivity contribution in [3.05, 3.63) is 36.4 Å². The maximum atomic E-state index is 8.56. The first-order valence-corrected chi connectivity index (χ1v) is 2.65. The van der Waals surface area contributed by atoms with Gasteiger partial charge in [0, 0.05) is 0 Å². The number of carboxylic acid groups (broad SMARTS) is 2. The molecule has 7 heteroatoms. The fraction of sp³-hybridized carbons (Fsp3) is 0. The van der Waals surface area contributed by atoms with Crippen LogP contribution >= 0.6 is 0 Å². The molecule has 3 nitrogen and oxygen atoms in total. The molecular weight excluding hydrogens is 208 g/mol. The quantitative estimate of drug-likeness (QED) is 0.660. The Bertz CT molecular complexity index is 153. The van der Waals surface area contributed by atoms with Crippen LogP contribution in [0.15, 0.2) is 36.4 Å². The minimum Gasteiger partial charge on any atom is -0.450 e. The van der Waals surface area contributed by atoms with Gasteiger partial charge in [0.15, 0.2) is 0 Å². The monoisotopic (exact) mass is 220 g/mol. The molecule has 0 heterocycles. The number of carbonyl (C=O) groups is 1. The Balaban J connectivity index is -0.0000000315. The van der Waals surface area contributed by atoms with Gasteiger partial charge in [0.05, 0.1) is 0 Å². The third-order valence-corrected chi connectivity index (χ3v) is 0.667. The van der Waals surface area contributed by atoms with Crippen LogP contribution in [0.1, 0.15) is 0 Å². The van der Waals surface area contributed by atoms with Crippen molar-refractivity contribution in [3.63, 3.8) is 0 Å². The van der Waals surface area contributed by atoms with Crippen LogP contribution in [0.3, 0.4) is 0 Å². The molecule has 0 aromatic heterocycles. The largest absolute Gasteiger partial charge is 0.503 e. The molecule has 0 saturated carbocycles. The van der Waals surface area contributed by atoms with Gasteiger partial charge in [0.1, 0.15) is 0 Å². The lowest BCUT2D eigenvalue weighted by atomic mass is 10.4. The molecule has 0 spiro atoms. The molecular formula is C7H12F4O3. The minimum absolute atomic E-state index is 0. The van der Waals surface area contributed by atoms with Gasteiger partial charge in [-0.3, -0.25) is 18.8 Å². The Morgan fingerprint density at radius 3 is 0.786 bits per heavy atom. The van der Waals surface area contributed by atoms with Crippen molar-refractivity contribution < 1.29 is 33.8 Å².